The van der Waals surface area contributed by atoms with Gasteiger partial charge < -0.3 is 10.0 Å². The fraction of sp³-hybridized carbons (Fsp3) is 0.625. The van der Waals surface area contributed by atoms with Gasteiger partial charge in [0.25, 0.3) is 0 Å². The van der Waals surface area contributed by atoms with Gasteiger partial charge in [-0.3, -0.25) is 0 Å². The summed E-state index contributed by atoms with van der Waals surface area (Å²) in [6, 6.07) is 8.41. The summed E-state index contributed by atoms with van der Waals surface area (Å²) < 4.78 is 0. The number of aliphatic hydroxyl groups excluding tert-OH is 1. The molecule has 0 unspecified atom stereocenters. The van der Waals surface area contributed by atoms with Gasteiger partial charge in [0.05, 0.1) is 6.10 Å². The van der Waals surface area contributed by atoms with E-state index in [1.807, 2.05) is 6.92 Å². The fourth-order valence-corrected chi connectivity index (χ4v) is 2.51. The van der Waals surface area contributed by atoms with Gasteiger partial charge in [-0.15, -0.1) is 0 Å². The summed E-state index contributed by atoms with van der Waals surface area (Å²) >= 11 is 0. The molecule has 0 saturated carbocycles. The van der Waals surface area contributed by atoms with Crippen molar-refractivity contribution in [2.45, 2.75) is 46.1 Å². The molecule has 0 amide bonds. The van der Waals surface area contributed by atoms with Crippen LogP contribution in [0.2, 0.25) is 0 Å². The topological polar surface area (TPSA) is 23.5 Å². The molecule has 0 aliphatic carbocycles. The molecule has 1 heterocycles. The Morgan fingerprint density at radius 3 is 2.22 bits per heavy atom. The maximum atomic E-state index is 9.79. The molecule has 0 aromatic heterocycles. The average molecular weight is 247 g/mol. The molecule has 1 aromatic carbocycles. The van der Waals surface area contributed by atoms with Gasteiger partial charge in [0.1, 0.15) is 0 Å². The number of hydrogen-bond acceptors (Lipinski definition) is 2. The summed E-state index contributed by atoms with van der Waals surface area (Å²) in [5, 5.41) is 9.79. The van der Waals surface area contributed by atoms with Crippen molar-refractivity contribution in [1.29, 1.82) is 0 Å². The Morgan fingerprint density at radius 2 is 1.72 bits per heavy atom. The summed E-state index contributed by atoms with van der Waals surface area (Å²) in [5.41, 5.74) is 2.81. The highest BCUT2D eigenvalue weighted by atomic mass is 16.3. The quantitative estimate of drug-likeness (QED) is 0.879. The highest BCUT2D eigenvalue weighted by Crippen LogP contribution is 2.32. The van der Waals surface area contributed by atoms with Crippen LogP contribution in [0.5, 0.6) is 0 Å². The molecule has 2 nitrogen and oxygen atoms in total. The Hall–Kier alpha value is -1.02. The number of hydrogen-bond donors (Lipinski definition) is 1. The first kappa shape index (κ1) is 13.4. The maximum Gasteiger partial charge on any atom is 0.0787 e. The van der Waals surface area contributed by atoms with Gasteiger partial charge in [0.15, 0.2) is 0 Å². The smallest absolute Gasteiger partial charge is 0.0787 e. The summed E-state index contributed by atoms with van der Waals surface area (Å²) in [5.74, 6) is 0. The van der Waals surface area contributed by atoms with Crippen molar-refractivity contribution >= 4 is 5.69 Å². The zero-order valence-electron chi connectivity index (χ0n) is 11.8. The summed E-state index contributed by atoms with van der Waals surface area (Å²) in [6.07, 6.45) is 2.97. The summed E-state index contributed by atoms with van der Waals surface area (Å²) in [7, 11) is 0. The van der Waals surface area contributed by atoms with Crippen molar-refractivity contribution in [3.63, 3.8) is 0 Å². The lowest BCUT2D eigenvalue weighted by Crippen LogP contribution is -2.37. The number of anilines is 1. The largest absolute Gasteiger partial charge is 0.388 e. The molecule has 1 fully saturated rings. The first-order chi connectivity index (χ1) is 8.52. The first-order valence-corrected chi connectivity index (χ1v) is 7.05. The van der Waals surface area contributed by atoms with E-state index in [1.54, 1.807) is 0 Å². The van der Waals surface area contributed by atoms with Gasteiger partial charge >= 0.3 is 0 Å². The molecule has 1 aliphatic rings. The summed E-state index contributed by atoms with van der Waals surface area (Å²) in [4.78, 5) is 2.45. The number of benzene rings is 1. The van der Waals surface area contributed by atoms with Crippen LogP contribution >= 0.6 is 0 Å². The molecule has 1 N–H and O–H groups in total. The normalized spacial score (nSPS) is 20.8. The van der Waals surface area contributed by atoms with E-state index < -0.39 is 0 Å². The molecule has 1 saturated heterocycles. The predicted octanol–water partition coefficient (Wildman–Crippen LogP) is 3.76. The molecular weight excluding hydrogens is 222 g/mol. The number of rotatable bonds is 3. The van der Waals surface area contributed by atoms with E-state index in [4.69, 9.17) is 0 Å². The van der Waals surface area contributed by atoms with Crippen molar-refractivity contribution in [2.75, 3.05) is 18.0 Å². The molecule has 100 valence electrons. The fourth-order valence-electron chi connectivity index (χ4n) is 2.51. The summed E-state index contributed by atoms with van der Waals surface area (Å²) in [6.45, 7) is 8.99. The van der Waals surface area contributed by atoms with Gasteiger partial charge in [-0.1, -0.05) is 32.9 Å². The van der Waals surface area contributed by atoms with E-state index in [2.05, 4.69) is 43.0 Å². The van der Waals surface area contributed by atoms with Crippen LogP contribution in [-0.4, -0.2) is 18.2 Å². The van der Waals surface area contributed by atoms with E-state index in [1.165, 1.54) is 18.5 Å². The van der Waals surface area contributed by atoms with Crippen LogP contribution in [0.25, 0.3) is 0 Å². The molecule has 0 radical (unpaired) electrons. The van der Waals surface area contributed by atoms with E-state index in [9.17, 15) is 5.11 Å². The van der Waals surface area contributed by atoms with Crippen molar-refractivity contribution < 1.29 is 5.11 Å². The molecule has 0 spiro atoms. The Kier molecular flexibility index (Phi) is 3.96. The molecule has 0 bridgehead atoms. The van der Waals surface area contributed by atoms with Crippen LogP contribution < -0.4 is 4.90 Å². The third-order valence-corrected chi connectivity index (χ3v) is 4.15. The highest BCUT2D eigenvalue weighted by Gasteiger charge is 2.25. The van der Waals surface area contributed by atoms with Crippen molar-refractivity contribution in [3.8, 4) is 0 Å². The van der Waals surface area contributed by atoms with Crippen LogP contribution in [0.3, 0.4) is 0 Å². The Morgan fingerprint density at radius 1 is 1.17 bits per heavy atom. The molecule has 18 heavy (non-hydrogen) atoms. The van der Waals surface area contributed by atoms with Gasteiger partial charge in [-0.05, 0) is 42.4 Å². The van der Waals surface area contributed by atoms with Crippen molar-refractivity contribution in [1.82, 2.24) is 0 Å². The van der Waals surface area contributed by atoms with Crippen molar-refractivity contribution in [3.05, 3.63) is 29.8 Å². The minimum atomic E-state index is -0.320. The van der Waals surface area contributed by atoms with E-state index >= 15 is 0 Å². The minimum absolute atomic E-state index is 0.320. The van der Waals surface area contributed by atoms with Gasteiger partial charge in [-0.25, -0.2) is 0 Å². The average Bonchev–Trinajstić information content (AvgIpc) is 2.38. The van der Waals surface area contributed by atoms with Gasteiger partial charge in [-0.2, -0.15) is 0 Å². The zero-order chi connectivity index (χ0) is 13.2. The second kappa shape index (κ2) is 5.31. The standard InChI is InChI=1S/C16H25NO/c1-4-15(18)13-5-7-14(8-6-13)17-11-9-16(2,3)10-12-17/h5-8,15,18H,4,9-12H2,1-3H3/t15-/m0/s1. The van der Waals surface area contributed by atoms with Crippen LogP contribution in [-0.2, 0) is 0 Å². The first-order valence-electron chi connectivity index (χ1n) is 7.05. The van der Waals surface area contributed by atoms with Crippen LogP contribution in [0.1, 0.15) is 51.7 Å². The highest BCUT2D eigenvalue weighted by molar-refractivity contribution is 5.48. The van der Waals surface area contributed by atoms with Gasteiger partial charge in [0, 0.05) is 18.8 Å². The SMILES string of the molecule is CC[C@H](O)c1ccc(N2CCC(C)(C)CC2)cc1. The van der Waals surface area contributed by atoms with Crippen LogP contribution in [0.4, 0.5) is 5.69 Å². The monoisotopic (exact) mass is 247 g/mol. The molecule has 1 atom stereocenters. The van der Waals surface area contributed by atoms with E-state index in [-0.39, 0.29) is 6.10 Å². The lowest BCUT2D eigenvalue weighted by molar-refractivity contribution is 0.173. The van der Waals surface area contributed by atoms with Crippen LogP contribution in [0, 0.1) is 5.41 Å². The maximum absolute atomic E-state index is 9.79. The number of piperidine rings is 1. The zero-order valence-corrected chi connectivity index (χ0v) is 11.8. The van der Waals surface area contributed by atoms with Crippen LogP contribution in [0.15, 0.2) is 24.3 Å². The number of nitrogens with zero attached hydrogens (tertiary/aromatic N) is 1. The predicted molar refractivity (Wildman–Crippen MR) is 76.9 cm³/mol. The minimum Gasteiger partial charge on any atom is -0.388 e. The van der Waals surface area contributed by atoms with Gasteiger partial charge in [0.2, 0.25) is 0 Å². The molecule has 1 aliphatic heterocycles. The van der Waals surface area contributed by atoms with E-state index in [0.717, 1.165) is 25.1 Å². The number of aliphatic hydroxyl groups is 1. The Labute approximate surface area is 111 Å². The lowest BCUT2D eigenvalue weighted by Gasteiger charge is -2.38. The molecule has 2 rings (SSSR count). The molecule has 2 heteroatoms. The van der Waals surface area contributed by atoms with E-state index in [0.29, 0.717) is 5.41 Å². The third-order valence-electron chi connectivity index (χ3n) is 4.15. The third kappa shape index (κ3) is 3.05. The molecular formula is C16H25NO. The second-order valence-corrected chi connectivity index (χ2v) is 6.17. The Bertz CT molecular complexity index is 373. The molecule has 1 aromatic rings. The lowest BCUT2D eigenvalue weighted by atomic mass is 9.82. The van der Waals surface area contributed by atoms with Crippen molar-refractivity contribution in [2.24, 2.45) is 5.41 Å². The second-order valence-electron chi connectivity index (χ2n) is 6.17. The Balaban J connectivity index is 2.02.